The summed E-state index contributed by atoms with van der Waals surface area (Å²) in [7, 11) is 4.81. The Morgan fingerprint density at radius 1 is 0.913 bits per heavy atom. The van der Waals surface area contributed by atoms with E-state index in [0.29, 0.717) is 34.9 Å². The number of methoxy groups -OCH3 is 3. The molecule has 5 heteroatoms. The van der Waals surface area contributed by atoms with Crippen LogP contribution in [0.15, 0.2) is 40.8 Å². The van der Waals surface area contributed by atoms with Crippen molar-refractivity contribution in [2.75, 3.05) is 27.1 Å². The van der Waals surface area contributed by atoms with Gasteiger partial charge in [0.2, 0.25) is 5.75 Å². The van der Waals surface area contributed by atoms with E-state index in [1.807, 2.05) is 36.4 Å². The van der Waals surface area contributed by atoms with Crippen molar-refractivity contribution in [2.45, 2.75) is 6.42 Å². The van der Waals surface area contributed by atoms with E-state index in [0.717, 1.165) is 16.7 Å². The standard InChI is InChI=1S/C18H19NO4/c1-20-15-6-4-11(9-14(15)19)8-13-10-12-5-7-16(21-2)18(22-3)17(12)23-13/h4-7,9-10H,8,19H2,1-3H3. The predicted octanol–water partition coefficient (Wildman–Crippen LogP) is 3.63. The molecular weight excluding hydrogens is 294 g/mol. The molecule has 0 saturated heterocycles. The molecule has 0 amide bonds. The normalized spacial score (nSPS) is 10.7. The van der Waals surface area contributed by atoms with E-state index < -0.39 is 0 Å². The second-order valence-corrected chi connectivity index (χ2v) is 5.19. The summed E-state index contributed by atoms with van der Waals surface area (Å²) in [6, 6.07) is 11.5. The van der Waals surface area contributed by atoms with E-state index in [4.69, 9.17) is 24.4 Å². The van der Waals surface area contributed by atoms with Crippen LogP contribution in [-0.4, -0.2) is 21.3 Å². The molecule has 0 fully saturated rings. The number of fused-ring (bicyclic) bond motifs is 1. The zero-order chi connectivity index (χ0) is 16.4. The van der Waals surface area contributed by atoms with Gasteiger partial charge in [-0.3, -0.25) is 0 Å². The lowest BCUT2D eigenvalue weighted by atomic mass is 10.1. The molecule has 1 aromatic heterocycles. The minimum atomic E-state index is 0.602. The van der Waals surface area contributed by atoms with Crippen molar-refractivity contribution in [3.8, 4) is 17.2 Å². The Morgan fingerprint density at radius 2 is 1.65 bits per heavy atom. The largest absolute Gasteiger partial charge is 0.495 e. The summed E-state index contributed by atoms with van der Waals surface area (Å²) >= 11 is 0. The lowest BCUT2D eigenvalue weighted by molar-refractivity contribution is 0.352. The van der Waals surface area contributed by atoms with Gasteiger partial charge in [-0.1, -0.05) is 6.07 Å². The van der Waals surface area contributed by atoms with Gasteiger partial charge in [-0.2, -0.15) is 0 Å². The van der Waals surface area contributed by atoms with Crippen LogP contribution in [0, 0.1) is 0 Å². The molecule has 5 nitrogen and oxygen atoms in total. The second-order valence-electron chi connectivity index (χ2n) is 5.19. The Labute approximate surface area is 134 Å². The van der Waals surface area contributed by atoms with Crippen molar-refractivity contribution in [1.82, 2.24) is 0 Å². The average molecular weight is 313 g/mol. The van der Waals surface area contributed by atoms with Crippen molar-refractivity contribution in [3.05, 3.63) is 47.7 Å². The van der Waals surface area contributed by atoms with Crippen molar-refractivity contribution in [1.29, 1.82) is 0 Å². The molecule has 0 atom stereocenters. The first kappa shape index (κ1) is 15.1. The quantitative estimate of drug-likeness (QED) is 0.729. The van der Waals surface area contributed by atoms with E-state index >= 15 is 0 Å². The van der Waals surface area contributed by atoms with Gasteiger partial charge in [0.25, 0.3) is 0 Å². The first-order valence-corrected chi connectivity index (χ1v) is 7.22. The molecule has 0 saturated carbocycles. The van der Waals surface area contributed by atoms with Gasteiger partial charge in [0.1, 0.15) is 11.5 Å². The van der Waals surface area contributed by atoms with Crippen LogP contribution in [0.3, 0.4) is 0 Å². The van der Waals surface area contributed by atoms with E-state index in [9.17, 15) is 0 Å². The van der Waals surface area contributed by atoms with Crippen molar-refractivity contribution >= 4 is 16.7 Å². The smallest absolute Gasteiger partial charge is 0.204 e. The minimum Gasteiger partial charge on any atom is -0.495 e. The lowest BCUT2D eigenvalue weighted by Gasteiger charge is -2.07. The van der Waals surface area contributed by atoms with E-state index in [1.165, 1.54) is 0 Å². The Hall–Kier alpha value is -2.82. The monoisotopic (exact) mass is 313 g/mol. The van der Waals surface area contributed by atoms with Crippen LogP contribution >= 0.6 is 0 Å². The molecule has 0 radical (unpaired) electrons. The zero-order valence-electron chi connectivity index (χ0n) is 13.4. The molecule has 1 heterocycles. The Morgan fingerprint density at radius 3 is 2.30 bits per heavy atom. The summed E-state index contributed by atoms with van der Waals surface area (Å²) in [6.07, 6.45) is 0.633. The predicted molar refractivity (Wildman–Crippen MR) is 89.5 cm³/mol. The molecule has 0 aliphatic carbocycles. The highest BCUT2D eigenvalue weighted by atomic mass is 16.5. The molecule has 3 rings (SSSR count). The lowest BCUT2D eigenvalue weighted by Crippen LogP contribution is -1.94. The van der Waals surface area contributed by atoms with Crippen LogP contribution in [0.2, 0.25) is 0 Å². The van der Waals surface area contributed by atoms with Gasteiger partial charge in [-0.25, -0.2) is 0 Å². The summed E-state index contributed by atoms with van der Waals surface area (Å²) < 4.78 is 21.8. The first-order chi connectivity index (χ1) is 11.2. The molecule has 2 N–H and O–H groups in total. The summed E-state index contributed by atoms with van der Waals surface area (Å²) in [6.45, 7) is 0. The number of rotatable bonds is 5. The fourth-order valence-electron chi connectivity index (χ4n) is 2.65. The van der Waals surface area contributed by atoms with Gasteiger partial charge < -0.3 is 24.4 Å². The third-order valence-corrected chi connectivity index (χ3v) is 3.75. The molecule has 0 aliphatic rings. The highest BCUT2D eigenvalue weighted by molar-refractivity contribution is 5.86. The van der Waals surface area contributed by atoms with Crippen LogP contribution < -0.4 is 19.9 Å². The zero-order valence-corrected chi connectivity index (χ0v) is 13.4. The van der Waals surface area contributed by atoms with Gasteiger partial charge in [0, 0.05) is 11.8 Å². The Kier molecular flexibility index (Phi) is 4.02. The van der Waals surface area contributed by atoms with Gasteiger partial charge in [-0.05, 0) is 35.9 Å². The van der Waals surface area contributed by atoms with Crippen molar-refractivity contribution < 1.29 is 18.6 Å². The number of hydrogen-bond donors (Lipinski definition) is 1. The SMILES string of the molecule is COc1ccc(Cc2cc3ccc(OC)c(OC)c3o2)cc1N. The summed E-state index contributed by atoms with van der Waals surface area (Å²) in [5.74, 6) is 2.75. The van der Waals surface area contributed by atoms with Crippen LogP contribution in [0.4, 0.5) is 5.69 Å². The van der Waals surface area contributed by atoms with E-state index in [-0.39, 0.29) is 0 Å². The van der Waals surface area contributed by atoms with Crippen molar-refractivity contribution in [2.24, 2.45) is 0 Å². The first-order valence-electron chi connectivity index (χ1n) is 7.22. The van der Waals surface area contributed by atoms with E-state index in [1.54, 1.807) is 21.3 Å². The number of ether oxygens (including phenoxy) is 3. The van der Waals surface area contributed by atoms with Gasteiger partial charge in [0.15, 0.2) is 11.3 Å². The molecular formula is C18H19NO4. The Bertz CT molecular complexity index is 838. The summed E-state index contributed by atoms with van der Waals surface area (Å²) in [4.78, 5) is 0. The third kappa shape index (κ3) is 2.77. The molecule has 3 aromatic rings. The number of benzene rings is 2. The maximum atomic E-state index is 5.96. The highest BCUT2D eigenvalue weighted by Crippen LogP contribution is 2.37. The molecule has 0 bridgehead atoms. The molecule has 0 aliphatic heterocycles. The van der Waals surface area contributed by atoms with Gasteiger partial charge in [0.05, 0.1) is 27.0 Å². The molecule has 2 aromatic carbocycles. The minimum absolute atomic E-state index is 0.602. The van der Waals surface area contributed by atoms with Crippen LogP contribution in [0.1, 0.15) is 11.3 Å². The van der Waals surface area contributed by atoms with Gasteiger partial charge >= 0.3 is 0 Å². The molecule has 0 spiro atoms. The van der Waals surface area contributed by atoms with Crippen LogP contribution in [0.5, 0.6) is 17.2 Å². The maximum Gasteiger partial charge on any atom is 0.204 e. The topological polar surface area (TPSA) is 66.8 Å². The number of furan rings is 1. The Balaban J connectivity index is 1.96. The van der Waals surface area contributed by atoms with Gasteiger partial charge in [-0.15, -0.1) is 0 Å². The molecule has 23 heavy (non-hydrogen) atoms. The van der Waals surface area contributed by atoms with Crippen LogP contribution in [0.25, 0.3) is 11.0 Å². The van der Waals surface area contributed by atoms with Crippen LogP contribution in [-0.2, 0) is 6.42 Å². The maximum absolute atomic E-state index is 5.96. The fourth-order valence-corrected chi connectivity index (χ4v) is 2.65. The second kappa shape index (κ2) is 6.12. The number of anilines is 1. The summed E-state index contributed by atoms with van der Waals surface area (Å²) in [5, 5.41) is 0.971. The van der Waals surface area contributed by atoms with Crippen molar-refractivity contribution in [3.63, 3.8) is 0 Å². The molecule has 0 unspecified atom stereocenters. The van der Waals surface area contributed by atoms with E-state index in [2.05, 4.69) is 0 Å². The average Bonchev–Trinajstić information content (AvgIpc) is 2.96. The fraction of sp³-hybridized carbons (Fsp3) is 0.222. The summed E-state index contributed by atoms with van der Waals surface area (Å²) in [5.41, 5.74) is 8.30. The number of hydrogen-bond acceptors (Lipinski definition) is 5. The number of nitrogen functional groups attached to an aromatic ring is 1. The highest BCUT2D eigenvalue weighted by Gasteiger charge is 2.14. The third-order valence-electron chi connectivity index (χ3n) is 3.75. The number of nitrogens with two attached hydrogens (primary N) is 1. The molecule has 120 valence electrons.